The van der Waals surface area contributed by atoms with Crippen molar-refractivity contribution in [2.75, 3.05) is 12.3 Å². The summed E-state index contributed by atoms with van der Waals surface area (Å²) in [5.41, 5.74) is 1.34. The summed E-state index contributed by atoms with van der Waals surface area (Å²) < 4.78 is 0. The standard InChI is InChI=1S/C12H17NS/c1-10-4-6-12(7-5-10)14-9-11-3-2-8-13-11/h4-7,11,13H,2-3,8-9H2,1H3/t11-/m1/s1. The van der Waals surface area contributed by atoms with E-state index in [9.17, 15) is 0 Å². The molecule has 1 nitrogen and oxygen atoms in total. The first kappa shape index (κ1) is 10.1. The van der Waals surface area contributed by atoms with Gasteiger partial charge in [-0.2, -0.15) is 0 Å². The second-order valence-corrected chi connectivity index (χ2v) is 5.01. The Labute approximate surface area is 90.3 Å². The zero-order valence-corrected chi connectivity index (χ0v) is 9.44. The zero-order valence-electron chi connectivity index (χ0n) is 8.62. The Morgan fingerprint density at radius 1 is 1.36 bits per heavy atom. The van der Waals surface area contributed by atoms with Crippen molar-refractivity contribution in [1.82, 2.24) is 5.32 Å². The van der Waals surface area contributed by atoms with Gasteiger partial charge in [0.25, 0.3) is 0 Å². The van der Waals surface area contributed by atoms with Gasteiger partial charge in [-0.1, -0.05) is 17.7 Å². The van der Waals surface area contributed by atoms with Crippen LogP contribution in [0.1, 0.15) is 18.4 Å². The topological polar surface area (TPSA) is 12.0 Å². The lowest BCUT2D eigenvalue weighted by Gasteiger charge is -2.09. The largest absolute Gasteiger partial charge is 0.313 e. The molecule has 0 aliphatic carbocycles. The summed E-state index contributed by atoms with van der Waals surface area (Å²) in [4.78, 5) is 1.39. The van der Waals surface area contributed by atoms with E-state index >= 15 is 0 Å². The first-order valence-electron chi connectivity index (χ1n) is 5.27. The van der Waals surface area contributed by atoms with Crippen LogP contribution in [0.5, 0.6) is 0 Å². The molecule has 0 radical (unpaired) electrons. The van der Waals surface area contributed by atoms with E-state index in [1.54, 1.807) is 0 Å². The summed E-state index contributed by atoms with van der Waals surface area (Å²) in [6.07, 6.45) is 2.69. The molecule has 0 saturated carbocycles. The van der Waals surface area contributed by atoms with E-state index in [0.717, 1.165) is 6.04 Å². The Kier molecular flexibility index (Phi) is 3.49. The first-order valence-corrected chi connectivity index (χ1v) is 6.26. The van der Waals surface area contributed by atoms with Gasteiger partial charge < -0.3 is 5.32 Å². The van der Waals surface area contributed by atoms with Crippen molar-refractivity contribution in [2.45, 2.75) is 30.7 Å². The maximum absolute atomic E-state index is 3.52. The number of benzene rings is 1. The minimum absolute atomic E-state index is 0.737. The molecular weight excluding hydrogens is 190 g/mol. The number of nitrogens with one attached hydrogen (secondary N) is 1. The maximum Gasteiger partial charge on any atom is 0.0162 e. The summed E-state index contributed by atoms with van der Waals surface area (Å²) in [5, 5.41) is 3.52. The third-order valence-corrected chi connectivity index (χ3v) is 3.81. The highest BCUT2D eigenvalue weighted by Crippen LogP contribution is 2.21. The third kappa shape index (κ3) is 2.76. The summed E-state index contributed by atoms with van der Waals surface area (Å²) in [5.74, 6) is 1.21. The van der Waals surface area contributed by atoms with Crippen LogP contribution < -0.4 is 5.32 Å². The highest BCUT2D eigenvalue weighted by molar-refractivity contribution is 7.99. The molecule has 0 bridgehead atoms. The van der Waals surface area contributed by atoms with Crippen molar-refractivity contribution in [3.63, 3.8) is 0 Å². The van der Waals surface area contributed by atoms with Gasteiger partial charge in [-0.25, -0.2) is 0 Å². The van der Waals surface area contributed by atoms with E-state index in [1.165, 1.54) is 35.6 Å². The van der Waals surface area contributed by atoms with Gasteiger partial charge in [-0.3, -0.25) is 0 Å². The fourth-order valence-corrected chi connectivity index (χ4v) is 2.74. The fourth-order valence-electron chi connectivity index (χ4n) is 1.73. The summed E-state index contributed by atoms with van der Waals surface area (Å²) >= 11 is 1.96. The van der Waals surface area contributed by atoms with Crippen molar-refractivity contribution >= 4 is 11.8 Å². The summed E-state index contributed by atoms with van der Waals surface area (Å²) in [6.45, 7) is 3.34. The summed E-state index contributed by atoms with van der Waals surface area (Å²) in [6, 6.07) is 9.54. The Morgan fingerprint density at radius 3 is 2.79 bits per heavy atom. The van der Waals surface area contributed by atoms with Crippen molar-refractivity contribution < 1.29 is 0 Å². The predicted molar refractivity (Wildman–Crippen MR) is 62.9 cm³/mol. The molecule has 1 fully saturated rings. The van der Waals surface area contributed by atoms with Crippen molar-refractivity contribution in [3.05, 3.63) is 29.8 Å². The SMILES string of the molecule is Cc1ccc(SC[C@H]2CCCN2)cc1. The second kappa shape index (κ2) is 4.85. The minimum Gasteiger partial charge on any atom is -0.313 e. The molecule has 0 spiro atoms. The molecule has 1 atom stereocenters. The van der Waals surface area contributed by atoms with Crippen molar-refractivity contribution in [1.29, 1.82) is 0 Å². The van der Waals surface area contributed by atoms with Crippen LogP contribution in [-0.2, 0) is 0 Å². The molecule has 1 heterocycles. The van der Waals surface area contributed by atoms with Crippen LogP contribution in [0.15, 0.2) is 29.2 Å². The Morgan fingerprint density at radius 2 is 2.14 bits per heavy atom. The molecule has 2 heteroatoms. The molecule has 0 amide bonds. The normalized spacial score (nSPS) is 21.4. The molecule has 1 aromatic carbocycles. The number of rotatable bonds is 3. The van der Waals surface area contributed by atoms with Gasteiger partial charge in [0.05, 0.1) is 0 Å². The lowest BCUT2D eigenvalue weighted by molar-refractivity contribution is 0.674. The molecule has 0 unspecified atom stereocenters. The lowest BCUT2D eigenvalue weighted by Crippen LogP contribution is -2.23. The van der Waals surface area contributed by atoms with E-state index in [2.05, 4.69) is 36.5 Å². The Balaban J connectivity index is 1.82. The Bertz CT molecular complexity index is 275. The van der Waals surface area contributed by atoms with Gasteiger partial charge >= 0.3 is 0 Å². The van der Waals surface area contributed by atoms with E-state index in [4.69, 9.17) is 0 Å². The van der Waals surface area contributed by atoms with Gasteiger partial charge in [-0.15, -0.1) is 11.8 Å². The third-order valence-electron chi connectivity index (χ3n) is 2.63. The minimum atomic E-state index is 0.737. The number of hydrogen-bond acceptors (Lipinski definition) is 2. The van der Waals surface area contributed by atoms with Crippen LogP contribution >= 0.6 is 11.8 Å². The molecule has 14 heavy (non-hydrogen) atoms. The van der Waals surface area contributed by atoms with E-state index in [0.29, 0.717) is 0 Å². The molecule has 1 N–H and O–H groups in total. The highest BCUT2D eigenvalue weighted by Gasteiger charge is 2.13. The van der Waals surface area contributed by atoms with Crippen molar-refractivity contribution in [3.8, 4) is 0 Å². The molecule has 76 valence electrons. The van der Waals surface area contributed by atoms with Gasteiger partial charge in [-0.05, 0) is 38.4 Å². The van der Waals surface area contributed by atoms with Crippen LogP contribution in [0.3, 0.4) is 0 Å². The van der Waals surface area contributed by atoms with E-state index in [1.807, 2.05) is 11.8 Å². The van der Waals surface area contributed by atoms with Gasteiger partial charge in [0.1, 0.15) is 0 Å². The predicted octanol–water partition coefficient (Wildman–Crippen LogP) is 2.84. The number of aryl methyl sites for hydroxylation is 1. The zero-order chi connectivity index (χ0) is 9.80. The highest BCUT2D eigenvalue weighted by atomic mass is 32.2. The van der Waals surface area contributed by atoms with Crippen LogP contribution in [0.4, 0.5) is 0 Å². The van der Waals surface area contributed by atoms with Crippen LogP contribution in [0.2, 0.25) is 0 Å². The maximum atomic E-state index is 3.52. The van der Waals surface area contributed by atoms with Crippen LogP contribution in [0.25, 0.3) is 0 Å². The van der Waals surface area contributed by atoms with Gasteiger partial charge in [0, 0.05) is 16.7 Å². The Hall–Kier alpha value is -0.470. The number of thioether (sulfide) groups is 1. The smallest absolute Gasteiger partial charge is 0.0162 e. The first-order chi connectivity index (χ1) is 6.84. The average Bonchev–Trinajstić information content (AvgIpc) is 2.70. The van der Waals surface area contributed by atoms with Crippen LogP contribution in [-0.4, -0.2) is 18.3 Å². The molecule has 1 aromatic rings. The van der Waals surface area contributed by atoms with Crippen LogP contribution in [0, 0.1) is 6.92 Å². The second-order valence-electron chi connectivity index (χ2n) is 3.92. The van der Waals surface area contributed by atoms with E-state index < -0.39 is 0 Å². The molecule has 2 rings (SSSR count). The molecule has 1 saturated heterocycles. The number of hydrogen-bond donors (Lipinski definition) is 1. The van der Waals surface area contributed by atoms with Gasteiger partial charge in [0.2, 0.25) is 0 Å². The molecule has 0 aromatic heterocycles. The molecule has 1 aliphatic heterocycles. The fraction of sp³-hybridized carbons (Fsp3) is 0.500. The van der Waals surface area contributed by atoms with Gasteiger partial charge in [0.15, 0.2) is 0 Å². The quantitative estimate of drug-likeness (QED) is 0.765. The molecular formula is C12H17NS. The van der Waals surface area contributed by atoms with Crippen molar-refractivity contribution in [2.24, 2.45) is 0 Å². The molecule has 1 aliphatic rings. The summed E-state index contributed by atoms with van der Waals surface area (Å²) in [7, 11) is 0. The monoisotopic (exact) mass is 207 g/mol. The lowest BCUT2D eigenvalue weighted by atomic mass is 10.2. The van der Waals surface area contributed by atoms with E-state index in [-0.39, 0.29) is 0 Å². The average molecular weight is 207 g/mol.